The lowest BCUT2D eigenvalue weighted by atomic mass is 9.95. The number of carbonyl (C=O) groups is 1. The normalized spacial score (nSPS) is 21.8. The van der Waals surface area contributed by atoms with Crippen LogP contribution in [-0.4, -0.2) is 52.3 Å². The van der Waals surface area contributed by atoms with Crippen LogP contribution in [0, 0.1) is 0 Å². The van der Waals surface area contributed by atoms with Gasteiger partial charge in [-0.1, -0.05) is 24.5 Å². The van der Waals surface area contributed by atoms with Crippen LogP contribution in [-0.2, 0) is 14.8 Å². The van der Waals surface area contributed by atoms with Gasteiger partial charge in [-0.2, -0.15) is 4.31 Å². The highest BCUT2D eigenvalue weighted by molar-refractivity contribution is 7.89. The van der Waals surface area contributed by atoms with Crippen LogP contribution in [0.4, 0.5) is 0 Å². The van der Waals surface area contributed by atoms with E-state index in [-0.39, 0.29) is 22.9 Å². The molecule has 0 bridgehead atoms. The first-order valence-corrected chi connectivity index (χ1v) is 12.0. The standard InChI is InChI=1S/C20H29N5O3S/c1-14(2)25-18-11-10-16(13-17(18)22-23-25)29(27,28)24-12-6-9-19(24)20(26)21-15-7-4-3-5-8-15/h10-11,13-15,19H,3-9,12H2,1-2H3,(H,21,26). The number of sulfonamides is 1. The average Bonchev–Trinajstić information content (AvgIpc) is 3.36. The van der Waals surface area contributed by atoms with Crippen LogP contribution in [0.25, 0.3) is 11.0 Å². The van der Waals surface area contributed by atoms with Crippen LogP contribution in [0.15, 0.2) is 23.1 Å². The number of nitrogens with one attached hydrogen (secondary N) is 1. The lowest BCUT2D eigenvalue weighted by molar-refractivity contribution is -0.125. The second-order valence-corrected chi connectivity index (χ2v) is 10.3. The first kappa shape index (κ1) is 20.3. The van der Waals surface area contributed by atoms with Gasteiger partial charge in [0.1, 0.15) is 11.6 Å². The van der Waals surface area contributed by atoms with Crippen LogP contribution in [0.5, 0.6) is 0 Å². The number of benzene rings is 1. The summed E-state index contributed by atoms with van der Waals surface area (Å²) in [5.74, 6) is -0.162. The van der Waals surface area contributed by atoms with Crippen LogP contribution in [0.3, 0.4) is 0 Å². The minimum atomic E-state index is -3.78. The molecule has 8 nitrogen and oxygen atoms in total. The van der Waals surface area contributed by atoms with E-state index in [4.69, 9.17) is 0 Å². The molecule has 1 atom stereocenters. The van der Waals surface area contributed by atoms with E-state index < -0.39 is 16.1 Å². The SMILES string of the molecule is CC(C)n1nnc2cc(S(=O)(=O)N3CCCC3C(=O)NC3CCCCC3)ccc21. The Morgan fingerprint density at radius 3 is 2.62 bits per heavy atom. The predicted molar refractivity (Wildman–Crippen MR) is 110 cm³/mol. The molecule has 1 unspecified atom stereocenters. The van der Waals surface area contributed by atoms with Crippen molar-refractivity contribution in [2.24, 2.45) is 0 Å². The molecule has 0 radical (unpaired) electrons. The summed E-state index contributed by atoms with van der Waals surface area (Å²) in [6, 6.07) is 4.57. The van der Waals surface area contributed by atoms with Crippen molar-refractivity contribution in [2.45, 2.75) is 81.8 Å². The summed E-state index contributed by atoms with van der Waals surface area (Å²) in [6.07, 6.45) is 6.65. The summed E-state index contributed by atoms with van der Waals surface area (Å²) in [5.41, 5.74) is 1.34. The van der Waals surface area contributed by atoms with Gasteiger partial charge in [-0.3, -0.25) is 4.79 Å². The Labute approximate surface area is 171 Å². The molecule has 1 aliphatic carbocycles. The number of aromatic nitrogens is 3. The van der Waals surface area contributed by atoms with Gasteiger partial charge < -0.3 is 5.32 Å². The van der Waals surface area contributed by atoms with Gasteiger partial charge in [0.2, 0.25) is 15.9 Å². The highest BCUT2D eigenvalue weighted by atomic mass is 32.2. The van der Waals surface area contributed by atoms with E-state index in [2.05, 4.69) is 15.6 Å². The molecule has 2 aliphatic rings. The third-order valence-electron chi connectivity index (χ3n) is 6.00. The van der Waals surface area contributed by atoms with Crippen molar-refractivity contribution in [3.05, 3.63) is 18.2 Å². The topological polar surface area (TPSA) is 97.2 Å². The third-order valence-corrected chi connectivity index (χ3v) is 7.90. The quantitative estimate of drug-likeness (QED) is 0.803. The molecule has 29 heavy (non-hydrogen) atoms. The molecule has 1 aromatic heterocycles. The number of nitrogens with zero attached hydrogens (tertiary/aromatic N) is 4. The lowest BCUT2D eigenvalue weighted by Gasteiger charge is -2.27. The molecule has 1 aromatic carbocycles. The van der Waals surface area contributed by atoms with Crippen molar-refractivity contribution in [2.75, 3.05) is 6.54 Å². The molecule has 9 heteroatoms. The van der Waals surface area contributed by atoms with Gasteiger partial charge in [0, 0.05) is 18.6 Å². The fourth-order valence-corrected chi connectivity index (χ4v) is 6.11. The number of fused-ring (bicyclic) bond motifs is 1. The molecule has 4 rings (SSSR count). The zero-order valence-electron chi connectivity index (χ0n) is 17.0. The highest BCUT2D eigenvalue weighted by Crippen LogP contribution is 2.29. The first-order valence-electron chi connectivity index (χ1n) is 10.5. The van der Waals surface area contributed by atoms with E-state index in [9.17, 15) is 13.2 Å². The fraction of sp³-hybridized carbons (Fsp3) is 0.650. The summed E-state index contributed by atoms with van der Waals surface area (Å²) in [6.45, 7) is 4.36. The molecule has 1 N–H and O–H groups in total. The van der Waals surface area contributed by atoms with E-state index in [0.29, 0.717) is 24.9 Å². The molecule has 1 saturated carbocycles. The molecule has 0 spiro atoms. The average molecular weight is 420 g/mol. The number of rotatable bonds is 5. The number of hydrogen-bond donors (Lipinski definition) is 1. The van der Waals surface area contributed by atoms with Crippen molar-refractivity contribution in [1.29, 1.82) is 0 Å². The van der Waals surface area contributed by atoms with Crippen molar-refractivity contribution in [3.8, 4) is 0 Å². The molecule has 1 amide bonds. The number of hydrogen-bond acceptors (Lipinski definition) is 5. The van der Waals surface area contributed by atoms with Crippen LogP contribution >= 0.6 is 0 Å². The Balaban J connectivity index is 1.56. The van der Waals surface area contributed by atoms with Crippen molar-refractivity contribution in [3.63, 3.8) is 0 Å². The van der Waals surface area contributed by atoms with Crippen molar-refractivity contribution < 1.29 is 13.2 Å². The van der Waals surface area contributed by atoms with Gasteiger partial charge in [0.15, 0.2) is 0 Å². The Morgan fingerprint density at radius 1 is 1.14 bits per heavy atom. The lowest BCUT2D eigenvalue weighted by Crippen LogP contribution is -2.49. The molecule has 2 aromatic rings. The van der Waals surface area contributed by atoms with Crippen molar-refractivity contribution in [1.82, 2.24) is 24.6 Å². The maximum absolute atomic E-state index is 13.3. The van der Waals surface area contributed by atoms with Gasteiger partial charge >= 0.3 is 0 Å². The van der Waals surface area contributed by atoms with E-state index in [1.165, 1.54) is 10.7 Å². The van der Waals surface area contributed by atoms with E-state index >= 15 is 0 Å². The third kappa shape index (κ3) is 3.90. The summed E-state index contributed by atoms with van der Waals surface area (Å²) in [7, 11) is -3.78. The van der Waals surface area contributed by atoms with E-state index in [1.54, 1.807) is 22.9 Å². The monoisotopic (exact) mass is 419 g/mol. The molecule has 2 fully saturated rings. The second-order valence-electron chi connectivity index (χ2n) is 8.40. The predicted octanol–water partition coefficient (Wildman–Crippen LogP) is 2.61. The Kier molecular flexibility index (Phi) is 5.61. The molecule has 1 saturated heterocycles. The minimum Gasteiger partial charge on any atom is -0.352 e. The minimum absolute atomic E-state index is 0.133. The molecule has 158 valence electrons. The first-order chi connectivity index (χ1) is 13.9. The Hall–Kier alpha value is -2.00. The summed E-state index contributed by atoms with van der Waals surface area (Å²) in [5, 5.41) is 11.3. The summed E-state index contributed by atoms with van der Waals surface area (Å²) < 4.78 is 29.8. The molecule has 1 aliphatic heterocycles. The van der Waals surface area contributed by atoms with Gasteiger partial charge in [0.05, 0.1) is 10.4 Å². The van der Waals surface area contributed by atoms with Crippen molar-refractivity contribution >= 4 is 27.0 Å². The Morgan fingerprint density at radius 2 is 1.90 bits per heavy atom. The highest BCUT2D eigenvalue weighted by Gasteiger charge is 2.40. The van der Waals surface area contributed by atoms with E-state index in [0.717, 1.165) is 31.2 Å². The molecular weight excluding hydrogens is 390 g/mol. The fourth-order valence-electron chi connectivity index (χ4n) is 4.43. The van der Waals surface area contributed by atoms with E-state index in [1.807, 2.05) is 13.8 Å². The smallest absolute Gasteiger partial charge is 0.243 e. The van der Waals surface area contributed by atoms with Crippen LogP contribution in [0.2, 0.25) is 0 Å². The Bertz CT molecular complexity index is 995. The summed E-state index contributed by atoms with van der Waals surface area (Å²) in [4.78, 5) is 13.0. The summed E-state index contributed by atoms with van der Waals surface area (Å²) >= 11 is 0. The van der Waals surface area contributed by atoms with Gasteiger partial charge in [-0.25, -0.2) is 13.1 Å². The second kappa shape index (κ2) is 8.02. The van der Waals surface area contributed by atoms with Crippen LogP contribution in [0.1, 0.15) is 64.8 Å². The molecular formula is C20H29N5O3S. The zero-order chi connectivity index (χ0) is 20.6. The number of amides is 1. The van der Waals surface area contributed by atoms with Crippen LogP contribution < -0.4 is 5.32 Å². The van der Waals surface area contributed by atoms with Gasteiger partial charge in [-0.15, -0.1) is 5.10 Å². The zero-order valence-corrected chi connectivity index (χ0v) is 17.9. The molecule has 2 heterocycles. The number of carbonyl (C=O) groups excluding carboxylic acids is 1. The maximum Gasteiger partial charge on any atom is 0.243 e. The van der Waals surface area contributed by atoms with Gasteiger partial charge in [0.25, 0.3) is 0 Å². The maximum atomic E-state index is 13.3. The van der Waals surface area contributed by atoms with Gasteiger partial charge in [-0.05, 0) is 57.7 Å². The largest absolute Gasteiger partial charge is 0.352 e.